The van der Waals surface area contributed by atoms with Gasteiger partial charge in [0.2, 0.25) is 5.89 Å². The van der Waals surface area contributed by atoms with E-state index in [4.69, 9.17) is 16.1 Å². The molecule has 1 heterocycles. The molecule has 7 nitrogen and oxygen atoms in total. The zero-order valence-corrected chi connectivity index (χ0v) is 12.1. The number of aromatic nitrogens is 2. The van der Waals surface area contributed by atoms with E-state index in [0.717, 1.165) is 0 Å². The summed E-state index contributed by atoms with van der Waals surface area (Å²) in [6.07, 6.45) is -0.805. The molecule has 2 aromatic rings. The summed E-state index contributed by atoms with van der Waals surface area (Å²) >= 11 is 5.76. The lowest BCUT2D eigenvalue weighted by Crippen LogP contribution is -2.37. The first-order valence-electron chi connectivity index (χ1n) is 6.29. The zero-order valence-electron chi connectivity index (χ0n) is 11.3. The number of aryl methyl sites for hydroxylation is 1. The van der Waals surface area contributed by atoms with Crippen molar-refractivity contribution in [1.29, 1.82) is 0 Å². The SMILES string of the molecule is Cc1nc(CNC(=O)NCC(O)c2ccc(Cl)cc2)no1. The fourth-order valence-corrected chi connectivity index (χ4v) is 1.75. The van der Waals surface area contributed by atoms with Crippen LogP contribution in [-0.2, 0) is 6.54 Å². The van der Waals surface area contributed by atoms with Gasteiger partial charge >= 0.3 is 6.03 Å². The van der Waals surface area contributed by atoms with Crippen LogP contribution in [0.15, 0.2) is 28.8 Å². The molecule has 0 spiro atoms. The maximum Gasteiger partial charge on any atom is 0.315 e. The van der Waals surface area contributed by atoms with Crippen LogP contribution < -0.4 is 10.6 Å². The van der Waals surface area contributed by atoms with Crippen LogP contribution in [0.5, 0.6) is 0 Å². The Morgan fingerprint density at radius 3 is 2.71 bits per heavy atom. The molecule has 8 heteroatoms. The third-order valence-corrected chi connectivity index (χ3v) is 2.94. The molecule has 1 aromatic carbocycles. The van der Waals surface area contributed by atoms with Gasteiger partial charge in [0.1, 0.15) is 0 Å². The van der Waals surface area contributed by atoms with Gasteiger partial charge in [-0.2, -0.15) is 4.98 Å². The average molecular weight is 311 g/mol. The van der Waals surface area contributed by atoms with Crippen molar-refractivity contribution in [2.45, 2.75) is 19.6 Å². The summed E-state index contributed by atoms with van der Waals surface area (Å²) in [4.78, 5) is 15.5. The van der Waals surface area contributed by atoms with Crippen molar-refractivity contribution >= 4 is 17.6 Å². The number of urea groups is 1. The molecule has 21 heavy (non-hydrogen) atoms. The molecule has 1 atom stereocenters. The highest BCUT2D eigenvalue weighted by atomic mass is 35.5. The predicted molar refractivity (Wildman–Crippen MR) is 75.7 cm³/mol. The van der Waals surface area contributed by atoms with E-state index < -0.39 is 12.1 Å². The molecule has 112 valence electrons. The molecule has 0 saturated carbocycles. The van der Waals surface area contributed by atoms with Crippen molar-refractivity contribution in [3.05, 3.63) is 46.6 Å². The summed E-state index contributed by atoms with van der Waals surface area (Å²) in [5, 5.41) is 19.3. The van der Waals surface area contributed by atoms with E-state index in [9.17, 15) is 9.90 Å². The van der Waals surface area contributed by atoms with Crippen LogP contribution in [0.25, 0.3) is 0 Å². The van der Waals surface area contributed by atoms with E-state index in [1.54, 1.807) is 31.2 Å². The van der Waals surface area contributed by atoms with Crippen LogP contribution in [0.3, 0.4) is 0 Å². The molecular weight excluding hydrogens is 296 g/mol. The fraction of sp³-hybridized carbons (Fsp3) is 0.308. The Kier molecular flexibility index (Phi) is 5.13. The van der Waals surface area contributed by atoms with Crippen LogP contribution in [-0.4, -0.2) is 27.8 Å². The Morgan fingerprint density at radius 1 is 1.38 bits per heavy atom. The number of carbonyl (C=O) groups excluding carboxylic acids is 1. The van der Waals surface area contributed by atoms with Gasteiger partial charge in [0, 0.05) is 18.5 Å². The molecule has 2 rings (SSSR count). The summed E-state index contributed by atoms with van der Waals surface area (Å²) in [7, 11) is 0. The number of aliphatic hydroxyl groups excluding tert-OH is 1. The highest BCUT2D eigenvalue weighted by molar-refractivity contribution is 6.30. The van der Waals surface area contributed by atoms with Gasteiger partial charge in [-0.25, -0.2) is 4.79 Å². The third-order valence-electron chi connectivity index (χ3n) is 2.69. The number of halogens is 1. The molecule has 3 N–H and O–H groups in total. The van der Waals surface area contributed by atoms with Gasteiger partial charge in [-0.15, -0.1) is 0 Å². The quantitative estimate of drug-likeness (QED) is 0.778. The minimum atomic E-state index is -0.805. The summed E-state index contributed by atoms with van der Waals surface area (Å²) in [6.45, 7) is 1.90. The molecule has 1 aromatic heterocycles. The van der Waals surface area contributed by atoms with Crippen molar-refractivity contribution in [2.75, 3.05) is 6.54 Å². The zero-order chi connectivity index (χ0) is 15.2. The standard InChI is InChI=1S/C13H15ClN4O3/c1-8-17-12(18-21-8)7-16-13(20)15-6-11(19)9-2-4-10(14)5-3-9/h2-5,11,19H,6-7H2,1H3,(H2,15,16,20). The lowest BCUT2D eigenvalue weighted by molar-refractivity contribution is 0.173. The van der Waals surface area contributed by atoms with E-state index >= 15 is 0 Å². The number of carbonyl (C=O) groups is 1. The maximum absolute atomic E-state index is 11.6. The van der Waals surface area contributed by atoms with Crippen molar-refractivity contribution in [3.8, 4) is 0 Å². The molecule has 0 bridgehead atoms. The first-order chi connectivity index (χ1) is 10.0. The molecule has 0 saturated heterocycles. The average Bonchev–Trinajstić information content (AvgIpc) is 2.89. The number of hydrogen-bond donors (Lipinski definition) is 3. The van der Waals surface area contributed by atoms with E-state index in [0.29, 0.717) is 22.3 Å². The van der Waals surface area contributed by atoms with Crippen molar-refractivity contribution in [1.82, 2.24) is 20.8 Å². The second-order valence-corrected chi connectivity index (χ2v) is 4.80. The number of nitrogens with one attached hydrogen (secondary N) is 2. The molecule has 0 aliphatic heterocycles. The van der Waals surface area contributed by atoms with Gasteiger partial charge in [0.15, 0.2) is 5.82 Å². The maximum atomic E-state index is 11.6. The van der Waals surface area contributed by atoms with Gasteiger partial charge in [-0.1, -0.05) is 28.9 Å². The lowest BCUT2D eigenvalue weighted by Gasteiger charge is -2.12. The van der Waals surface area contributed by atoms with Crippen LogP contribution in [0, 0.1) is 6.92 Å². The third kappa shape index (κ3) is 4.73. The molecular formula is C13H15ClN4O3. The Morgan fingerprint density at radius 2 is 2.10 bits per heavy atom. The number of rotatable bonds is 5. The van der Waals surface area contributed by atoms with Gasteiger partial charge in [0.05, 0.1) is 12.6 Å². The Labute approximate surface area is 126 Å². The van der Waals surface area contributed by atoms with Crippen molar-refractivity contribution in [3.63, 3.8) is 0 Å². The second kappa shape index (κ2) is 7.05. The topological polar surface area (TPSA) is 100 Å². The normalized spacial score (nSPS) is 12.0. The van der Waals surface area contributed by atoms with Crippen molar-refractivity contribution < 1.29 is 14.4 Å². The Bertz CT molecular complexity index is 600. The fourth-order valence-electron chi connectivity index (χ4n) is 1.63. The largest absolute Gasteiger partial charge is 0.387 e. The number of hydrogen-bond acceptors (Lipinski definition) is 5. The predicted octanol–water partition coefficient (Wildman–Crippen LogP) is 1.56. The summed E-state index contributed by atoms with van der Waals surface area (Å²) < 4.78 is 4.78. The van der Waals surface area contributed by atoms with Crippen LogP contribution in [0.2, 0.25) is 5.02 Å². The van der Waals surface area contributed by atoms with Crippen LogP contribution in [0.4, 0.5) is 4.79 Å². The second-order valence-electron chi connectivity index (χ2n) is 4.36. The summed E-state index contributed by atoms with van der Waals surface area (Å²) in [6, 6.07) is 6.34. The Balaban J connectivity index is 1.74. The first-order valence-corrected chi connectivity index (χ1v) is 6.67. The lowest BCUT2D eigenvalue weighted by atomic mass is 10.1. The van der Waals surface area contributed by atoms with Gasteiger partial charge in [-0.05, 0) is 17.7 Å². The highest BCUT2D eigenvalue weighted by Crippen LogP contribution is 2.15. The van der Waals surface area contributed by atoms with E-state index in [1.807, 2.05) is 0 Å². The van der Waals surface area contributed by atoms with Crippen LogP contribution in [0.1, 0.15) is 23.4 Å². The van der Waals surface area contributed by atoms with E-state index in [-0.39, 0.29) is 13.1 Å². The summed E-state index contributed by atoms with van der Waals surface area (Å²) in [5.41, 5.74) is 0.675. The van der Waals surface area contributed by atoms with E-state index in [2.05, 4.69) is 20.8 Å². The van der Waals surface area contributed by atoms with Gasteiger partial charge in [-0.3, -0.25) is 0 Å². The molecule has 0 fully saturated rings. The minimum absolute atomic E-state index is 0.0821. The first kappa shape index (κ1) is 15.3. The smallest absolute Gasteiger partial charge is 0.315 e. The van der Waals surface area contributed by atoms with Gasteiger partial charge < -0.3 is 20.3 Å². The van der Waals surface area contributed by atoms with Crippen molar-refractivity contribution in [2.24, 2.45) is 0 Å². The molecule has 0 aliphatic carbocycles. The highest BCUT2D eigenvalue weighted by Gasteiger charge is 2.10. The molecule has 2 amide bonds. The van der Waals surface area contributed by atoms with Crippen LogP contribution >= 0.6 is 11.6 Å². The molecule has 0 radical (unpaired) electrons. The minimum Gasteiger partial charge on any atom is -0.387 e. The number of amides is 2. The summed E-state index contributed by atoms with van der Waals surface area (Å²) in [5.74, 6) is 0.825. The van der Waals surface area contributed by atoms with Gasteiger partial charge in [0.25, 0.3) is 0 Å². The molecule has 0 aliphatic rings. The monoisotopic (exact) mass is 310 g/mol. The molecule has 1 unspecified atom stereocenters. The Hall–Kier alpha value is -2.12. The number of aliphatic hydroxyl groups is 1. The van der Waals surface area contributed by atoms with E-state index in [1.165, 1.54) is 0 Å². The number of nitrogens with zero attached hydrogens (tertiary/aromatic N) is 2. The number of benzene rings is 1.